The van der Waals surface area contributed by atoms with Crippen LogP contribution in [0, 0.1) is 11.8 Å². The Morgan fingerprint density at radius 1 is 1.31 bits per heavy atom. The Labute approximate surface area is 175 Å². The molecule has 29 heavy (non-hydrogen) atoms. The SMILES string of the molecule is C.C=CCCC(C)CC(C)C(NC(=O)OC(C)(C)C)C(=O)N1CCCC1C(=O)O. The van der Waals surface area contributed by atoms with Crippen LogP contribution in [0.5, 0.6) is 0 Å². The number of carbonyl (C=O) groups excluding carboxylic acids is 2. The Morgan fingerprint density at radius 2 is 1.93 bits per heavy atom. The maximum atomic E-state index is 13.2. The summed E-state index contributed by atoms with van der Waals surface area (Å²) in [7, 11) is 0. The molecule has 1 aliphatic heterocycles. The number of rotatable bonds is 9. The van der Waals surface area contributed by atoms with E-state index in [2.05, 4.69) is 18.8 Å². The molecule has 7 nitrogen and oxygen atoms in total. The van der Waals surface area contributed by atoms with Crippen molar-refractivity contribution < 1.29 is 24.2 Å². The normalized spacial score (nSPS) is 19.5. The molecule has 0 spiro atoms. The minimum Gasteiger partial charge on any atom is -0.480 e. The largest absolute Gasteiger partial charge is 0.480 e. The summed E-state index contributed by atoms with van der Waals surface area (Å²) in [5.74, 6) is -1.17. The predicted molar refractivity (Wildman–Crippen MR) is 115 cm³/mol. The minimum atomic E-state index is -1.01. The second-order valence-corrected chi connectivity index (χ2v) is 8.84. The van der Waals surface area contributed by atoms with Gasteiger partial charge in [0, 0.05) is 6.54 Å². The van der Waals surface area contributed by atoms with Crippen LogP contribution in [0.3, 0.4) is 0 Å². The Kier molecular flexibility index (Phi) is 11.0. The van der Waals surface area contributed by atoms with Gasteiger partial charge >= 0.3 is 12.1 Å². The molecule has 2 N–H and O–H groups in total. The van der Waals surface area contributed by atoms with Gasteiger partial charge in [-0.2, -0.15) is 0 Å². The zero-order valence-electron chi connectivity index (χ0n) is 17.9. The lowest BCUT2D eigenvalue weighted by molar-refractivity contribution is -0.149. The molecule has 1 saturated heterocycles. The van der Waals surface area contributed by atoms with Crippen molar-refractivity contribution in [2.24, 2.45) is 11.8 Å². The number of amides is 2. The van der Waals surface area contributed by atoms with Crippen LogP contribution in [0.4, 0.5) is 4.79 Å². The second-order valence-electron chi connectivity index (χ2n) is 8.84. The fourth-order valence-corrected chi connectivity index (χ4v) is 3.64. The van der Waals surface area contributed by atoms with E-state index in [1.165, 1.54) is 4.90 Å². The molecule has 0 aromatic carbocycles. The maximum Gasteiger partial charge on any atom is 0.408 e. The third kappa shape index (κ3) is 8.88. The van der Waals surface area contributed by atoms with Crippen LogP contribution >= 0.6 is 0 Å². The van der Waals surface area contributed by atoms with Crippen molar-refractivity contribution in [3.63, 3.8) is 0 Å². The number of carboxylic acid groups (broad SMARTS) is 1. The van der Waals surface area contributed by atoms with Crippen LogP contribution in [0.1, 0.15) is 74.1 Å². The Balaban J connectivity index is 0.00000784. The third-order valence-corrected chi connectivity index (χ3v) is 4.97. The van der Waals surface area contributed by atoms with Crippen molar-refractivity contribution in [2.45, 2.75) is 91.8 Å². The van der Waals surface area contributed by atoms with Crippen LogP contribution in [0.25, 0.3) is 0 Å². The summed E-state index contributed by atoms with van der Waals surface area (Å²) in [4.78, 5) is 38.4. The molecule has 0 saturated carbocycles. The van der Waals surface area contributed by atoms with Crippen molar-refractivity contribution in [1.29, 1.82) is 0 Å². The quantitative estimate of drug-likeness (QED) is 0.553. The first-order valence-electron chi connectivity index (χ1n) is 10.1. The number of hydrogen-bond acceptors (Lipinski definition) is 4. The van der Waals surface area contributed by atoms with Crippen molar-refractivity contribution in [3.8, 4) is 0 Å². The number of aliphatic carboxylic acids is 1. The standard InChI is InChI=1S/C21H36N2O5.CH4/c1-7-8-10-14(2)13-15(3)17(22-20(27)28-21(4,5)6)18(24)23-12-9-11-16(23)19(25)26;/h7,14-17H,1,8-13H2,2-6H3,(H,22,27)(H,25,26);1H4. The number of nitrogens with one attached hydrogen (secondary N) is 1. The van der Waals surface area contributed by atoms with Gasteiger partial charge in [-0.05, 0) is 64.7 Å². The van der Waals surface area contributed by atoms with Gasteiger partial charge in [-0.25, -0.2) is 9.59 Å². The summed E-state index contributed by atoms with van der Waals surface area (Å²) < 4.78 is 5.32. The monoisotopic (exact) mass is 412 g/mol. The van der Waals surface area contributed by atoms with Gasteiger partial charge in [-0.3, -0.25) is 4.79 Å². The highest BCUT2D eigenvalue weighted by Gasteiger charge is 2.40. The van der Waals surface area contributed by atoms with E-state index in [0.717, 1.165) is 19.3 Å². The molecule has 4 atom stereocenters. The molecule has 7 heteroatoms. The number of ether oxygens (including phenoxy) is 1. The number of hydrogen-bond donors (Lipinski definition) is 2. The molecule has 1 heterocycles. The summed E-state index contributed by atoms with van der Waals surface area (Å²) >= 11 is 0. The zero-order chi connectivity index (χ0) is 21.5. The molecule has 168 valence electrons. The summed E-state index contributed by atoms with van der Waals surface area (Å²) in [6, 6.07) is -1.65. The van der Waals surface area contributed by atoms with Crippen LogP contribution in [-0.2, 0) is 14.3 Å². The van der Waals surface area contributed by atoms with Crippen molar-refractivity contribution in [1.82, 2.24) is 10.2 Å². The summed E-state index contributed by atoms with van der Waals surface area (Å²) in [6.07, 6.45) is 4.84. The third-order valence-electron chi connectivity index (χ3n) is 4.97. The molecule has 2 amide bonds. The van der Waals surface area contributed by atoms with Gasteiger partial charge in [-0.1, -0.05) is 27.4 Å². The molecule has 4 unspecified atom stereocenters. The van der Waals surface area contributed by atoms with Crippen molar-refractivity contribution >= 4 is 18.0 Å². The highest BCUT2D eigenvalue weighted by Crippen LogP contribution is 2.25. The number of allylic oxidation sites excluding steroid dienone is 1. The molecule has 1 aliphatic rings. The lowest BCUT2D eigenvalue weighted by atomic mass is 9.88. The lowest BCUT2D eigenvalue weighted by Gasteiger charge is -2.32. The second kappa shape index (κ2) is 11.8. The van der Waals surface area contributed by atoms with E-state index in [1.54, 1.807) is 20.8 Å². The molecule has 0 bridgehead atoms. The number of carbonyl (C=O) groups is 3. The van der Waals surface area contributed by atoms with Gasteiger partial charge in [0.05, 0.1) is 0 Å². The van der Waals surface area contributed by atoms with E-state index in [9.17, 15) is 19.5 Å². The van der Waals surface area contributed by atoms with Gasteiger partial charge in [-0.15, -0.1) is 6.58 Å². The Morgan fingerprint density at radius 3 is 2.45 bits per heavy atom. The number of likely N-dealkylation sites (tertiary alicyclic amines) is 1. The van der Waals surface area contributed by atoms with E-state index in [4.69, 9.17) is 4.74 Å². The first kappa shape index (κ1) is 27.0. The molecule has 1 rings (SSSR count). The molecule has 0 aliphatic carbocycles. The Hall–Kier alpha value is -2.05. The smallest absolute Gasteiger partial charge is 0.408 e. The first-order chi connectivity index (χ1) is 13.0. The summed E-state index contributed by atoms with van der Waals surface area (Å²) in [6.45, 7) is 13.4. The number of carboxylic acids is 1. The molecular weight excluding hydrogens is 372 g/mol. The minimum absolute atomic E-state index is 0. The van der Waals surface area contributed by atoms with E-state index in [0.29, 0.717) is 25.3 Å². The highest BCUT2D eigenvalue weighted by molar-refractivity contribution is 5.90. The highest BCUT2D eigenvalue weighted by atomic mass is 16.6. The first-order valence-corrected chi connectivity index (χ1v) is 10.1. The number of nitrogens with zero attached hydrogens (tertiary/aromatic N) is 1. The van der Waals surface area contributed by atoms with Crippen LogP contribution in [-0.4, -0.2) is 52.2 Å². The topological polar surface area (TPSA) is 95.9 Å². The fraction of sp³-hybridized carbons (Fsp3) is 0.773. The van der Waals surface area contributed by atoms with Gasteiger partial charge in [0.15, 0.2) is 0 Å². The van der Waals surface area contributed by atoms with Gasteiger partial charge in [0.2, 0.25) is 5.91 Å². The van der Waals surface area contributed by atoms with Crippen LogP contribution < -0.4 is 5.32 Å². The van der Waals surface area contributed by atoms with E-state index >= 15 is 0 Å². The molecule has 1 fully saturated rings. The van der Waals surface area contributed by atoms with Crippen molar-refractivity contribution in [3.05, 3.63) is 12.7 Å². The Bertz CT molecular complexity index is 570. The van der Waals surface area contributed by atoms with E-state index in [-0.39, 0.29) is 19.3 Å². The van der Waals surface area contributed by atoms with Gasteiger partial charge in [0.1, 0.15) is 17.7 Å². The van der Waals surface area contributed by atoms with Crippen LogP contribution in [0.2, 0.25) is 0 Å². The molecule has 0 aromatic rings. The summed E-state index contributed by atoms with van der Waals surface area (Å²) in [5, 5.41) is 12.1. The lowest BCUT2D eigenvalue weighted by Crippen LogP contribution is -2.55. The molecule has 0 aromatic heterocycles. The molecule has 0 radical (unpaired) electrons. The van der Waals surface area contributed by atoms with Gasteiger partial charge in [0.25, 0.3) is 0 Å². The van der Waals surface area contributed by atoms with Crippen molar-refractivity contribution in [2.75, 3.05) is 6.54 Å². The maximum absolute atomic E-state index is 13.2. The fourth-order valence-electron chi connectivity index (χ4n) is 3.64. The van der Waals surface area contributed by atoms with E-state index in [1.807, 2.05) is 13.0 Å². The van der Waals surface area contributed by atoms with E-state index < -0.39 is 29.7 Å². The van der Waals surface area contributed by atoms with Gasteiger partial charge < -0.3 is 20.1 Å². The average Bonchev–Trinajstić information content (AvgIpc) is 3.05. The predicted octanol–water partition coefficient (Wildman–Crippen LogP) is 4.22. The van der Waals surface area contributed by atoms with Crippen LogP contribution in [0.15, 0.2) is 12.7 Å². The summed E-state index contributed by atoms with van der Waals surface area (Å²) in [5.41, 5.74) is -0.685. The zero-order valence-corrected chi connectivity index (χ0v) is 17.9. The average molecular weight is 413 g/mol. The molecular formula is C22H40N2O5. The number of alkyl carbamates (subject to hydrolysis) is 1.